The molecule has 0 unspecified atom stereocenters. The predicted octanol–water partition coefficient (Wildman–Crippen LogP) is 2.21. The lowest BCUT2D eigenvalue weighted by molar-refractivity contribution is 0.0930. The zero-order valence-electron chi connectivity index (χ0n) is 14.4. The molecular formula is C17H22Cl2N4O3S. The number of anilines is 1. The number of hydrogen-bond donors (Lipinski definition) is 3. The number of carbonyl (C=O) groups excluding carboxylic acids is 1. The van der Waals surface area contributed by atoms with E-state index in [-0.39, 0.29) is 41.7 Å². The molecule has 1 saturated heterocycles. The number of sulfonamides is 1. The second-order valence-corrected chi connectivity index (χ2v) is 7.56. The van der Waals surface area contributed by atoms with Crippen LogP contribution in [-0.2, 0) is 10.0 Å². The number of piperidine rings is 1. The second kappa shape index (κ2) is 10.5. The van der Waals surface area contributed by atoms with Gasteiger partial charge in [0.15, 0.2) is 0 Å². The van der Waals surface area contributed by atoms with E-state index in [2.05, 4.69) is 20.3 Å². The van der Waals surface area contributed by atoms with Gasteiger partial charge in [0.05, 0.1) is 10.6 Å². The highest BCUT2D eigenvalue weighted by molar-refractivity contribution is 7.92. The molecule has 27 heavy (non-hydrogen) atoms. The van der Waals surface area contributed by atoms with Crippen molar-refractivity contribution >= 4 is 46.4 Å². The first-order chi connectivity index (χ1) is 12.0. The number of halogens is 2. The summed E-state index contributed by atoms with van der Waals surface area (Å²) < 4.78 is 27.2. The summed E-state index contributed by atoms with van der Waals surface area (Å²) in [5, 5.41) is 6.20. The molecule has 1 fully saturated rings. The number of amides is 1. The molecule has 10 heteroatoms. The lowest BCUT2D eigenvalue weighted by atomic mass is 10.1. The van der Waals surface area contributed by atoms with Gasteiger partial charge < -0.3 is 10.6 Å². The monoisotopic (exact) mass is 432 g/mol. The maximum atomic E-state index is 12.4. The average Bonchev–Trinajstić information content (AvgIpc) is 2.63. The van der Waals surface area contributed by atoms with Gasteiger partial charge in [-0.25, -0.2) is 8.42 Å². The zero-order valence-corrected chi connectivity index (χ0v) is 16.9. The Labute approximate surface area is 171 Å². The highest BCUT2D eigenvalue weighted by Crippen LogP contribution is 2.16. The molecule has 1 aliphatic heterocycles. The molecule has 0 saturated carbocycles. The second-order valence-electron chi connectivity index (χ2n) is 5.88. The van der Waals surface area contributed by atoms with Crippen molar-refractivity contribution in [1.29, 1.82) is 0 Å². The van der Waals surface area contributed by atoms with E-state index in [0.717, 1.165) is 25.9 Å². The van der Waals surface area contributed by atoms with E-state index in [9.17, 15) is 13.2 Å². The lowest BCUT2D eigenvalue weighted by Gasteiger charge is -2.23. The van der Waals surface area contributed by atoms with Crippen LogP contribution in [0.15, 0.2) is 53.7 Å². The van der Waals surface area contributed by atoms with Crippen LogP contribution in [0.2, 0.25) is 0 Å². The molecule has 3 rings (SSSR count). The molecule has 0 bridgehead atoms. The van der Waals surface area contributed by atoms with Crippen LogP contribution in [-0.4, -0.2) is 38.4 Å². The van der Waals surface area contributed by atoms with Crippen LogP contribution in [0.25, 0.3) is 0 Å². The Kier molecular flexibility index (Phi) is 8.98. The van der Waals surface area contributed by atoms with E-state index < -0.39 is 10.0 Å². The fourth-order valence-corrected chi connectivity index (χ4v) is 3.72. The van der Waals surface area contributed by atoms with Crippen LogP contribution in [0.4, 0.5) is 5.69 Å². The molecule has 1 amide bonds. The summed E-state index contributed by atoms with van der Waals surface area (Å²) in [7, 11) is -3.70. The Balaban J connectivity index is 0.00000182. The van der Waals surface area contributed by atoms with Crippen molar-refractivity contribution < 1.29 is 13.2 Å². The molecule has 148 valence electrons. The number of benzene rings is 1. The number of carbonyl (C=O) groups is 1. The van der Waals surface area contributed by atoms with E-state index in [1.165, 1.54) is 36.7 Å². The summed E-state index contributed by atoms with van der Waals surface area (Å²) in [5.74, 6) is -0.195. The SMILES string of the molecule is Cl.Cl.O=C(N[C@H]1CCCNC1)c1ccc(S(=O)(=O)Nc2ccncc2)cc1. The van der Waals surface area contributed by atoms with E-state index in [1.807, 2.05) is 0 Å². The highest BCUT2D eigenvalue weighted by Gasteiger charge is 2.18. The van der Waals surface area contributed by atoms with Crippen LogP contribution in [0, 0.1) is 0 Å². The van der Waals surface area contributed by atoms with Crippen molar-refractivity contribution in [3.8, 4) is 0 Å². The van der Waals surface area contributed by atoms with Crippen LogP contribution >= 0.6 is 24.8 Å². The van der Waals surface area contributed by atoms with Crippen molar-refractivity contribution in [2.45, 2.75) is 23.8 Å². The Morgan fingerprint density at radius 1 is 1.07 bits per heavy atom. The Bertz CT molecular complexity index is 827. The molecule has 0 radical (unpaired) electrons. The van der Waals surface area contributed by atoms with Gasteiger partial charge in [0.1, 0.15) is 0 Å². The molecule has 0 spiro atoms. The highest BCUT2D eigenvalue weighted by atomic mass is 35.5. The summed E-state index contributed by atoms with van der Waals surface area (Å²) in [6.07, 6.45) is 4.99. The van der Waals surface area contributed by atoms with Crippen LogP contribution < -0.4 is 15.4 Å². The first-order valence-corrected chi connectivity index (χ1v) is 9.57. The van der Waals surface area contributed by atoms with Crippen LogP contribution in [0.5, 0.6) is 0 Å². The minimum atomic E-state index is -3.70. The van der Waals surface area contributed by atoms with Crippen LogP contribution in [0.1, 0.15) is 23.2 Å². The summed E-state index contributed by atoms with van der Waals surface area (Å²) in [6, 6.07) is 9.14. The third kappa shape index (κ3) is 6.35. The van der Waals surface area contributed by atoms with Gasteiger partial charge >= 0.3 is 0 Å². The molecule has 7 nitrogen and oxygen atoms in total. The Hall–Kier alpha value is -1.87. The maximum absolute atomic E-state index is 12.4. The van der Waals surface area contributed by atoms with Gasteiger partial charge in [0, 0.05) is 30.5 Å². The first kappa shape index (κ1) is 23.2. The number of pyridine rings is 1. The fourth-order valence-electron chi connectivity index (χ4n) is 2.66. The summed E-state index contributed by atoms with van der Waals surface area (Å²) in [6.45, 7) is 1.73. The summed E-state index contributed by atoms with van der Waals surface area (Å²) in [4.78, 5) is 16.2. The summed E-state index contributed by atoms with van der Waals surface area (Å²) in [5.41, 5.74) is 0.870. The Morgan fingerprint density at radius 2 is 1.74 bits per heavy atom. The molecule has 2 heterocycles. The smallest absolute Gasteiger partial charge is 0.261 e. The van der Waals surface area contributed by atoms with Crippen molar-refractivity contribution in [3.05, 3.63) is 54.4 Å². The fraction of sp³-hybridized carbons (Fsp3) is 0.294. The van der Waals surface area contributed by atoms with Crippen molar-refractivity contribution in [1.82, 2.24) is 15.6 Å². The third-order valence-electron chi connectivity index (χ3n) is 3.99. The predicted molar refractivity (Wildman–Crippen MR) is 109 cm³/mol. The van der Waals surface area contributed by atoms with Gasteiger partial charge in [0.25, 0.3) is 15.9 Å². The van der Waals surface area contributed by atoms with Crippen molar-refractivity contribution in [2.24, 2.45) is 0 Å². The third-order valence-corrected chi connectivity index (χ3v) is 5.39. The van der Waals surface area contributed by atoms with E-state index in [0.29, 0.717) is 11.3 Å². The zero-order chi connectivity index (χ0) is 17.7. The Morgan fingerprint density at radius 3 is 2.33 bits per heavy atom. The number of nitrogens with zero attached hydrogens (tertiary/aromatic N) is 1. The van der Waals surface area contributed by atoms with Crippen molar-refractivity contribution in [3.63, 3.8) is 0 Å². The van der Waals surface area contributed by atoms with Crippen molar-refractivity contribution in [2.75, 3.05) is 17.8 Å². The lowest BCUT2D eigenvalue weighted by Crippen LogP contribution is -2.45. The summed E-state index contributed by atoms with van der Waals surface area (Å²) >= 11 is 0. The quantitative estimate of drug-likeness (QED) is 0.672. The number of hydrogen-bond acceptors (Lipinski definition) is 5. The molecular weight excluding hydrogens is 411 g/mol. The maximum Gasteiger partial charge on any atom is 0.261 e. The molecule has 1 aromatic heterocycles. The van der Waals surface area contributed by atoms with Gasteiger partial charge in [-0.1, -0.05) is 0 Å². The first-order valence-electron chi connectivity index (χ1n) is 8.09. The molecule has 3 N–H and O–H groups in total. The average molecular weight is 433 g/mol. The van der Waals surface area contributed by atoms with E-state index in [4.69, 9.17) is 0 Å². The minimum Gasteiger partial charge on any atom is -0.348 e. The molecule has 1 atom stereocenters. The minimum absolute atomic E-state index is 0. The van der Waals surface area contributed by atoms with Gasteiger partial charge in [0.2, 0.25) is 0 Å². The van der Waals surface area contributed by atoms with E-state index >= 15 is 0 Å². The molecule has 1 aromatic carbocycles. The van der Waals surface area contributed by atoms with Gasteiger partial charge in [-0.15, -0.1) is 24.8 Å². The number of nitrogens with one attached hydrogen (secondary N) is 3. The molecule has 0 aliphatic carbocycles. The number of aromatic nitrogens is 1. The normalized spacial score (nSPS) is 16.4. The molecule has 1 aliphatic rings. The molecule has 2 aromatic rings. The van der Waals surface area contributed by atoms with Crippen LogP contribution in [0.3, 0.4) is 0 Å². The number of rotatable bonds is 5. The van der Waals surface area contributed by atoms with E-state index in [1.54, 1.807) is 12.1 Å². The standard InChI is InChI=1S/C17H20N4O3S.2ClH/c22-17(20-15-2-1-9-19-12-15)13-3-5-16(6-4-13)25(23,24)21-14-7-10-18-11-8-14;;/h3-8,10-11,15,19H,1-2,9,12H2,(H,18,21)(H,20,22);2*1H/t15-;;/m0../s1. The largest absolute Gasteiger partial charge is 0.348 e. The van der Waals surface area contributed by atoms with Gasteiger partial charge in [-0.3, -0.25) is 14.5 Å². The topological polar surface area (TPSA) is 100 Å². The van der Waals surface area contributed by atoms with Gasteiger partial charge in [-0.05, 0) is 55.8 Å². The van der Waals surface area contributed by atoms with Gasteiger partial charge in [-0.2, -0.15) is 0 Å².